The maximum atomic E-state index is 13.4. The number of carbonyl (C=O) groups is 1. The SMILES string of the molecule is CCC1=CC=CCC1Oc1nc(NC)c(C(=O)NCCN=O)n1Cc1ccc(F)cc1. The third-order valence-electron chi connectivity index (χ3n) is 4.99. The first kappa shape index (κ1) is 22.2. The van der Waals surface area contributed by atoms with Gasteiger partial charge in [-0.2, -0.15) is 9.89 Å². The number of halogens is 1. The van der Waals surface area contributed by atoms with Crippen molar-refractivity contribution in [3.05, 3.63) is 70.0 Å². The highest BCUT2D eigenvalue weighted by molar-refractivity contribution is 5.97. The van der Waals surface area contributed by atoms with Crippen molar-refractivity contribution < 1.29 is 13.9 Å². The minimum atomic E-state index is -0.410. The molecule has 0 spiro atoms. The molecule has 1 aromatic carbocycles. The molecule has 31 heavy (non-hydrogen) atoms. The van der Waals surface area contributed by atoms with Crippen molar-refractivity contribution in [1.82, 2.24) is 14.9 Å². The number of carbonyl (C=O) groups excluding carboxylic acids is 1. The van der Waals surface area contributed by atoms with Gasteiger partial charge in [-0.3, -0.25) is 9.36 Å². The third-order valence-corrected chi connectivity index (χ3v) is 4.99. The van der Waals surface area contributed by atoms with Crippen LogP contribution < -0.4 is 15.4 Å². The van der Waals surface area contributed by atoms with Gasteiger partial charge < -0.3 is 15.4 Å². The summed E-state index contributed by atoms with van der Waals surface area (Å²) in [6.07, 6.45) is 7.40. The van der Waals surface area contributed by atoms with Crippen molar-refractivity contribution >= 4 is 11.7 Å². The molecule has 1 amide bonds. The summed E-state index contributed by atoms with van der Waals surface area (Å²) < 4.78 is 21.3. The number of nitrogens with one attached hydrogen (secondary N) is 2. The van der Waals surface area contributed by atoms with Gasteiger partial charge in [0, 0.05) is 20.0 Å². The number of allylic oxidation sites excluding steroid dienone is 2. The quantitative estimate of drug-likeness (QED) is 0.446. The fraction of sp³-hybridized carbons (Fsp3) is 0.364. The van der Waals surface area contributed by atoms with Crippen molar-refractivity contribution in [1.29, 1.82) is 0 Å². The van der Waals surface area contributed by atoms with Gasteiger partial charge in [-0.25, -0.2) is 4.39 Å². The van der Waals surface area contributed by atoms with Crippen LogP contribution in [0.4, 0.5) is 10.2 Å². The Bertz CT molecular complexity index is 982. The lowest BCUT2D eigenvalue weighted by Crippen LogP contribution is -2.29. The minimum absolute atomic E-state index is 0.0326. The maximum absolute atomic E-state index is 13.4. The molecule has 8 nitrogen and oxygen atoms in total. The van der Waals surface area contributed by atoms with Gasteiger partial charge >= 0.3 is 0 Å². The van der Waals surface area contributed by atoms with Gasteiger partial charge in [0.25, 0.3) is 11.9 Å². The molecular weight excluding hydrogens is 401 g/mol. The summed E-state index contributed by atoms with van der Waals surface area (Å²) in [6.45, 7) is 2.40. The van der Waals surface area contributed by atoms with Crippen LogP contribution in [0.25, 0.3) is 0 Å². The number of anilines is 1. The average Bonchev–Trinajstić information content (AvgIpc) is 3.12. The Hall–Kier alpha value is -3.49. The first-order valence-corrected chi connectivity index (χ1v) is 10.2. The molecule has 2 aromatic rings. The van der Waals surface area contributed by atoms with E-state index in [9.17, 15) is 14.1 Å². The first-order chi connectivity index (χ1) is 15.1. The van der Waals surface area contributed by atoms with Gasteiger partial charge in [0.05, 0.1) is 13.1 Å². The summed E-state index contributed by atoms with van der Waals surface area (Å²) in [4.78, 5) is 27.8. The van der Waals surface area contributed by atoms with Crippen LogP contribution in [-0.2, 0) is 6.54 Å². The number of aromatic nitrogens is 2. The number of benzene rings is 1. The third kappa shape index (κ3) is 5.36. The smallest absolute Gasteiger partial charge is 0.299 e. The summed E-state index contributed by atoms with van der Waals surface area (Å²) in [5.74, 6) is -0.401. The second-order valence-electron chi connectivity index (χ2n) is 7.03. The molecule has 0 fully saturated rings. The van der Waals surface area contributed by atoms with Crippen LogP contribution in [-0.4, -0.2) is 41.7 Å². The monoisotopic (exact) mass is 427 g/mol. The predicted molar refractivity (Wildman–Crippen MR) is 117 cm³/mol. The van der Waals surface area contributed by atoms with Crippen LogP contribution in [0.15, 0.2) is 53.2 Å². The van der Waals surface area contributed by atoms with Gasteiger partial charge in [-0.1, -0.05) is 42.5 Å². The Kier molecular flexibility index (Phi) is 7.53. The van der Waals surface area contributed by atoms with Gasteiger partial charge in [-0.15, -0.1) is 0 Å². The van der Waals surface area contributed by atoms with E-state index in [1.165, 1.54) is 12.1 Å². The number of rotatable bonds is 10. The van der Waals surface area contributed by atoms with Crippen molar-refractivity contribution in [2.45, 2.75) is 32.4 Å². The van der Waals surface area contributed by atoms with Crippen molar-refractivity contribution in [3.63, 3.8) is 0 Å². The Morgan fingerprint density at radius 1 is 1.35 bits per heavy atom. The normalized spacial score (nSPS) is 15.3. The van der Waals surface area contributed by atoms with E-state index in [-0.39, 0.29) is 43.3 Å². The topological polar surface area (TPSA) is 97.6 Å². The summed E-state index contributed by atoms with van der Waals surface area (Å²) in [5.41, 5.74) is 2.18. The van der Waals surface area contributed by atoms with E-state index < -0.39 is 5.91 Å². The van der Waals surface area contributed by atoms with Crippen LogP contribution in [0, 0.1) is 10.7 Å². The fourth-order valence-electron chi connectivity index (χ4n) is 3.39. The lowest BCUT2D eigenvalue weighted by molar-refractivity contribution is 0.0944. The molecule has 0 bridgehead atoms. The number of nitrogens with zero attached hydrogens (tertiary/aromatic N) is 3. The zero-order chi connectivity index (χ0) is 22.2. The standard InChI is InChI=1S/C22H26FN5O3/c1-3-16-6-4-5-7-18(16)31-22-27-20(24-2)19(21(29)25-12-13-26-30)28(22)14-15-8-10-17(23)11-9-15/h4-6,8-11,18,24H,3,7,12-14H2,1-2H3,(H,25,29). The molecule has 1 heterocycles. The highest BCUT2D eigenvalue weighted by atomic mass is 19.1. The van der Waals surface area contributed by atoms with E-state index in [1.54, 1.807) is 23.7 Å². The van der Waals surface area contributed by atoms with E-state index in [2.05, 4.69) is 27.7 Å². The Balaban J connectivity index is 1.98. The minimum Gasteiger partial charge on any atom is -0.456 e. The zero-order valence-corrected chi connectivity index (χ0v) is 17.6. The molecule has 3 rings (SSSR count). The Morgan fingerprint density at radius 3 is 2.81 bits per heavy atom. The largest absolute Gasteiger partial charge is 0.456 e. The molecule has 0 saturated heterocycles. The molecule has 9 heteroatoms. The number of imidazole rings is 1. The molecule has 2 N–H and O–H groups in total. The van der Waals surface area contributed by atoms with Gasteiger partial charge in [0.15, 0.2) is 11.5 Å². The molecule has 0 aliphatic heterocycles. The number of nitroso groups, excluding NO2 is 1. The average molecular weight is 427 g/mol. The first-order valence-electron chi connectivity index (χ1n) is 10.2. The fourth-order valence-corrected chi connectivity index (χ4v) is 3.39. The lowest BCUT2D eigenvalue weighted by Gasteiger charge is -2.22. The highest BCUT2D eigenvalue weighted by Gasteiger charge is 2.26. The zero-order valence-electron chi connectivity index (χ0n) is 17.6. The van der Waals surface area contributed by atoms with Crippen molar-refractivity contribution in [2.75, 3.05) is 25.5 Å². The molecule has 1 unspecified atom stereocenters. The van der Waals surface area contributed by atoms with E-state index >= 15 is 0 Å². The van der Waals surface area contributed by atoms with Crippen LogP contribution in [0.5, 0.6) is 6.01 Å². The number of amides is 1. The van der Waals surface area contributed by atoms with Crippen molar-refractivity contribution in [2.24, 2.45) is 5.18 Å². The molecule has 1 atom stereocenters. The van der Waals surface area contributed by atoms with E-state index in [4.69, 9.17) is 4.74 Å². The second kappa shape index (κ2) is 10.5. The van der Waals surface area contributed by atoms with Crippen LogP contribution >= 0.6 is 0 Å². The van der Waals surface area contributed by atoms with Crippen LogP contribution in [0.3, 0.4) is 0 Å². The summed E-state index contributed by atoms with van der Waals surface area (Å²) in [6, 6.07) is 6.32. The summed E-state index contributed by atoms with van der Waals surface area (Å²) in [5, 5.41) is 8.38. The van der Waals surface area contributed by atoms with E-state index in [0.29, 0.717) is 12.2 Å². The number of hydrogen-bond acceptors (Lipinski definition) is 6. The highest BCUT2D eigenvalue weighted by Crippen LogP contribution is 2.28. The Morgan fingerprint density at radius 2 is 2.13 bits per heavy atom. The second-order valence-corrected chi connectivity index (χ2v) is 7.03. The number of ether oxygens (including phenoxy) is 1. The van der Waals surface area contributed by atoms with Gasteiger partial charge in [0.2, 0.25) is 0 Å². The molecule has 0 radical (unpaired) electrons. The van der Waals surface area contributed by atoms with Crippen LogP contribution in [0.2, 0.25) is 0 Å². The lowest BCUT2D eigenvalue weighted by atomic mass is 9.99. The molecular formula is C22H26FN5O3. The van der Waals surface area contributed by atoms with E-state index in [0.717, 1.165) is 17.6 Å². The van der Waals surface area contributed by atoms with Gasteiger partial charge in [0.1, 0.15) is 11.9 Å². The molecule has 164 valence electrons. The van der Waals surface area contributed by atoms with Gasteiger partial charge in [-0.05, 0) is 29.7 Å². The number of hydrogen-bond donors (Lipinski definition) is 2. The summed E-state index contributed by atoms with van der Waals surface area (Å²) >= 11 is 0. The predicted octanol–water partition coefficient (Wildman–Crippen LogP) is 3.65. The molecule has 0 saturated carbocycles. The molecule has 1 aromatic heterocycles. The Labute approximate surface area is 180 Å². The maximum Gasteiger partial charge on any atom is 0.299 e. The summed E-state index contributed by atoms with van der Waals surface area (Å²) in [7, 11) is 1.67. The van der Waals surface area contributed by atoms with Crippen molar-refractivity contribution in [3.8, 4) is 6.01 Å². The van der Waals surface area contributed by atoms with E-state index in [1.807, 2.05) is 18.2 Å². The van der Waals surface area contributed by atoms with Crippen LogP contribution in [0.1, 0.15) is 35.8 Å². The molecule has 1 aliphatic carbocycles. The molecule has 1 aliphatic rings.